The Hall–Kier alpha value is -2.30. The Bertz CT molecular complexity index is 516. The number of aryl methyl sites for hydroxylation is 1. The Balaban J connectivity index is 1.82. The first-order valence-electron chi connectivity index (χ1n) is 6.22. The minimum Gasteiger partial charge on any atom is -0.492 e. The van der Waals surface area contributed by atoms with E-state index in [1.165, 1.54) is 0 Å². The summed E-state index contributed by atoms with van der Waals surface area (Å²) in [6.45, 7) is 3.25. The van der Waals surface area contributed by atoms with Crippen LogP contribution in [-0.2, 0) is 0 Å². The van der Waals surface area contributed by atoms with Crippen LogP contribution >= 0.6 is 0 Å². The lowest BCUT2D eigenvalue weighted by molar-refractivity contribution is 0.332. The lowest BCUT2D eigenvalue weighted by Gasteiger charge is -2.10. The molecule has 0 bridgehead atoms. The maximum atomic E-state index is 5.60. The summed E-state index contributed by atoms with van der Waals surface area (Å²) in [4.78, 5) is 8.49. The summed E-state index contributed by atoms with van der Waals surface area (Å²) in [5.74, 6) is 2.31. The highest BCUT2D eigenvalue weighted by molar-refractivity contribution is 5.46. The van der Waals surface area contributed by atoms with Crippen molar-refractivity contribution in [2.24, 2.45) is 0 Å². The molecule has 0 saturated carbocycles. The van der Waals surface area contributed by atoms with Gasteiger partial charge in [0.1, 0.15) is 18.2 Å². The minimum absolute atomic E-state index is 0.586. The van der Waals surface area contributed by atoms with Crippen LogP contribution in [0.3, 0.4) is 0 Å². The molecule has 1 aromatic carbocycles. The molecule has 0 spiro atoms. The number of nitrogens with zero attached hydrogens (tertiary/aromatic N) is 2. The molecule has 5 heteroatoms. The van der Waals surface area contributed by atoms with Crippen LogP contribution in [0.5, 0.6) is 5.75 Å². The Morgan fingerprint density at radius 1 is 1.21 bits per heavy atom. The second-order valence-electron chi connectivity index (χ2n) is 4.06. The van der Waals surface area contributed by atoms with Gasteiger partial charge in [-0.2, -0.15) is 4.98 Å². The van der Waals surface area contributed by atoms with E-state index in [0.717, 1.165) is 17.1 Å². The van der Waals surface area contributed by atoms with Crippen molar-refractivity contribution in [3.8, 4) is 5.75 Å². The monoisotopic (exact) mass is 258 g/mol. The van der Waals surface area contributed by atoms with Gasteiger partial charge in [-0.15, -0.1) is 0 Å². The SMILES string of the molecule is CNc1ncc(C)c(NCCOc2ccccc2)n1. The van der Waals surface area contributed by atoms with Gasteiger partial charge in [-0.05, 0) is 19.1 Å². The summed E-state index contributed by atoms with van der Waals surface area (Å²) in [6, 6.07) is 9.76. The number of anilines is 2. The van der Waals surface area contributed by atoms with Crippen LogP contribution in [0.1, 0.15) is 5.56 Å². The Morgan fingerprint density at radius 3 is 2.74 bits per heavy atom. The summed E-state index contributed by atoms with van der Waals surface area (Å²) in [6.07, 6.45) is 1.79. The molecule has 0 saturated heterocycles. The average Bonchev–Trinajstić information content (AvgIpc) is 2.46. The van der Waals surface area contributed by atoms with Crippen molar-refractivity contribution in [1.29, 1.82) is 0 Å². The smallest absolute Gasteiger partial charge is 0.224 e. The van der Waals surface area contributed by atoms with Gasteiger partial charge in [-0.3, -0.25) is 0 Å². The standard InChI is InChI=1S/C14H18N4O/c1-11-10-17-14(15-2)18-13(11)16-8-9-19-12-6-4-3-5-7-12/h3-7,10H,8-9H2,1-2H3,(H2,15,16,17,18). The number of rotatable bonds is 6. The molecule has 0 amide bonds. The van der Waals surface area contributed by atoms with E-state index in [9.17, 15) is 0 Å². The normalized spacial score (nSPS) is 10.0. The Morgan fingerprint density at radius 2 is 2.00 bits per heavy atom. The van der Waals surface area contributed by atoms with Gasteiger partial charge in [0.15, 0.2) is 0 Å². The number of nitrogens with one attached hydrogen (secondary N) is 2. The average molecular weight is 258 g/mol. The zero-order chi connectivity index (χ0) is 13.5. The van der Waals surface area contributed by atoms with Gasteiger partial charge in [0, 0.05) is 18.8 Å². The molecule has 2 rings (SSSR count). The fraction of sp³-hybridized carbons (Fsp3) is 0.286. The van der Waals surface area contributed by atoms with E-state index < -0.39 is 0 Å². The number of ether oxygens (including phenoxy) is 1. The van der Waals surface area contributed by atoms with Crippen LogP contribution in [0.2, 0.25) is 0 Å². The van der Waals surface area contributed by atoms with Crippen LogP contribution in [-0.4, -0.2) is 30.2 Å². The highest BCUT2D eigenvalue weighted by Gasteiger charge is 2.02. The van der Waals surface area contributed by atoms with Gasteiger partial charge in [0.05, 0.1) is 6.54 Å². The molecule has 0 unspecified atom stereocenters. The molecule has 0 radical (unpaired) electrons. The lowest BCUT2D eigenvalue weighted by atomic mass is 10.3. The van der Waals surface area contributed by atoms with E-state index >= 15 is 0 Å². The molecule has 100 valence electrons. The molecule has 0 aliphatic heterocycles. The maximum absolute atomic E-state index is 5.60. The van der Waals surface area contributed by atoms with Gasteiger partial charge in [-0.1, -0.05) is 18.2 Å². The van der Waals surface area contributed by atoms with E-state index in [2.05, 4.69) is 20.6 Å². The van der Waals surface area contributed by atoms with Gasteiger partial charge < -0.3 is 15.4 Å². The highest BCUT2D eigenvalue weighted by atomic mass is 16.5. The second kappa shape index (κ2) is 6.58. The number of hydrogen-bond acceptors (Lipinski definition) is 5. The number of hydrogen-bond donors (Lipinski definition) is 2. The van der Waals surface area contributed by atoms with Gasteiger partial charge in [-0.25, -0.2) is 4.98 Å². The van der Waals surface area contributed by atoms with Crippen molar-refractivity contribution < 1.29 is 4.74 Å². The summed E-state index contributed by atoms with van der Waals surface area (Å²) < 4.78 is 5.60. The van der Waals surface area contributed by atoms with Gasteiger partial charge in [0.25, 0.3) is 0 Å². The second-order valence-corrected chi connectivity index (χ2v) is 4.06. The zero-order valence-electron chi connectivity index (χ0n) is 11.2. The predicted octanol–water partition coefficient (Wildman–Crippen LogP) is 2.32. The van der Waals surface area contributed by atoms with Crippen molar-refractivity contribution in [3.63, 3.8) is 0 Å². The van der Waals surface area contributed by atoms with Gasteiger partial charge in [0.2, 0.25) is 5.95 Å². The molecule has 0 fully saturated rings. The predicted molar refractivity (Wildman–Crippen MR) is 76.7 cm³/mol. The highest BCUT2D eigenvalue weighted by Crippen LogP contribution is 2.12. The molecule has 5 nitrogen and oxygen atoms in total. The Kier molecular flexibility index (Phi) is 4.55. The number of para-hydroxylation sites is 1. The molecular formula is C14H18N4O. The number of aromatic nitrogens is 2. The first kappa shape index (κ1) is 13.1. The summed E-state index contributed by atoms with van der Waals surface area (Å²) in [5, 5.41) is 6.16. The molecule has 2 aromatic rings. The van der Waals surface area contributed by atoms with E-state index in [1.807, 2.05) is 37.3 Å². The van der Waals surface area contributed by atoms with E-state index in [1.54, 1.807) is 13.2 Å². The van der Waals surface area contributed by atoms with E-state index in [4.69, 9.17) is 4.74 Å². The van der Waals surface area contributed by atoms with Crippen molar-refractivity contribution in [1.82, 2.24) is 9.97 Å². The third-order valence-electron chi connectivity index (χ3n) is 2.60. The molecule has 1 heterocycles. The molecule has 0 aliphatic carbocycles. The van der Waals surface area contributed by atoms with Crippen molar-refractivity contribution in [3.05, 3.63) is 42.1 Å². The third-order valence-corrected chi connectivity index (χ3v) is 2.60. The van der Waals surface area contributed by atoms with Crippen LogP contribution in [0.4, 0.5) is 11.8 Å². The third kappa shape index (κ3) is 3.84. The molecule has 19 heavy (non-hydrogen) atoms. The molecule has 1 aromatic heterocycles. The van der Waals surface area contributed by atoms with Crippen LogP contribution in [0, 0.1) is 6.92 Å². The largest absolute Gasteiger partial charge is 0.492 e. The van der Waals surface area contributed by atoms with Crippen molar-refractivity contribution in [2.45, 2.75) is 6.92 Å². The van der Waals surface area contributed by atoms with Crippen molar-refractivity contribution in [2.75, 3.05) is 30.8 Å². The summed E-state index contributed by atoms with van der Waals surface area (Å²) >= 11 is 0. The van der Waals surface area contributed by atoms with E-state index in [0.29, 0.717) is 19.1 Å². The van der Waals surface area contributed by atoms with Crippen molar-refractivity contribution >= 4 is 11.8 Å². The molecule has 0 atom stereocenters. The fourth-order valence-electron chi connectivity index (χ4n) is 1.60. The quantitative estimate of drug-likeness (QED) is 0.779. The molecule has 2 N–H and O–H groups in total. The van der Waals surface area contributed by atoms with Crippen LogP contribution in [0.25, 0.3) is 0 Å². The fourth-order valence-corrected chi connectivity index (χ4v) is 1.60. The Labute approximate surface area is 113 Å². The number of benzene rings is 1. The summed E-state index contributed by atoms with van der Waals surface area (Å²) in [7, 11) is 1.80. The summed E-state index contributed by atoms with van der Waals surface area (Å²) in [5.41, 5.74) is 1.01. The minimum atomic E-state index is 0.586. The molecular weight excluding hydrogens is 240 g/mol. The zero-order valence-corrected chi connectivity index (χ0v) is 11.2. The van der Waals surface area contributed by atoms with Crippen LogP contribution < -0.4 is 15.4 Å². The lowest BCUT2D eigenvalue weighted by Crippen LogP contribution is -2.14. The molecule has 0 aliphatic rings. The first-order valence-corrected chi connectivity index (χ1v) is 6.22. The first-order chi connectivity index (χ1) is 9.29. The topological polar surface area (TPSA) is 59.1 Å². The van der Waals surface area contributed by atoms with E-state index in [-0.39, 0.29) is 0 Å². The maximum Gasteiger partial charge on any atom is 0.224 e. The van der Waals surface area contributed by atoms with Crippen LogP contribution in [0.15, 0.2) is 36.5 Å². The van der Waals surface area contributed by atoms with Gasteiger partial charge >= 0.3 is 0 Å².